The first-order valence-corrected chi connectivity index (χ1v) is 8.88. The normalized spacial score (nSPS) is 19.4. The summed E-state index contributed by atoms with van der Waals surface area (Å²) >= 11 is 0. The van der Waals surface area contributed by atoms with Crippen LogP contribution in [-0.4, -0.2) is 11.6 Å². The molecule has 0 spiro atoms. The van der Waals surface area contributed by atoms with Gasteiger partial charge >= 0.3 is 0 Å². The van der Waals surface area contributed by atoms with E-state index in [0.29, 0.717) is 19.3 Å². The fourth-order valence-corrected chi connectivity index (χ4v) is 3.80. The molecule has 0 radical (unpaired) electrons. The van der Waals surface area contributed by atoms with Crippen LogP contribution in [0.25, 0.3) is 10.8 Å². The Labute approximate surface area is 147 Å². The minimum atomic E-state index is -0.386. The molecule has 126 valence electrons. The van der Waals surface area contributed by atoms with Crippen LogP contribution in [0.3, 0.4) is 0 Å². The third kappa shape index (κ3) is 3.15. The van der Waals surface area contributed by atoms with Crippen LogP contribution in [-0.2, 0) is 11.2 Å². The van der Waals surface area contributed by atoms with E-state index in [9.17, 15) is 4.79 Å². The second-order valence-electron chi connectivity index (χ2n) is 6.91. The summed E-state index contributed by atoms with van der Waals surface area (Å²) in [6.07, 6.45) is 9.72. The number of amides is 1. The predicted molar refractivity (Wildman–Crippen MR) is 98.0 cm³/mol. The van der Waals surface area contributed by atoms with Crippen LogP contribution in [0.1, 0.15) is 49.3 Å². The van der Waals surface area contributed by atoms with Gasteiger partial charge in [0, 0.05) is 25.7 Å². The van der Waals surface area contributed by atoms with Gasteiger partial charge in [-0.15, -0.1) is 12.3 Å². The Hall–Kier alpha value is -2.67. The number of nitrogens with zero attached hydrogens (tertiary/aromatic N) is 2. The molecule has 0 bridgehead atoms. The fraction of sp³-hybridized carbons (Fsp3) is 0.381. The smallest absolute Gasteiger partial charge is 0.220 e. The maximum Gasteiger partial charge on any atom is 0.220 e. The van der Waals surface area contributed by atoms with Crippen molar-refractivity contribution in [1.29, 1.82) is 0 Å². The quantitative estimate of drug-likeness (QED) is 0.788. The van der Waals surface area contributed by atoms with Gasteiger partial charge < -0.3 is 5.32 Å². The maximum absolute atomic E-state index is 12.5. The first-order valence-electron chi connectivity index (χ1n) is 8.88. The van der Waals surface area contributed by atoms with Gasteiger partial charge in [-0.25, -0.2) is 0 Å². The van der Waals surface area contributed by atoms with Gasteiger partial charge in [-0.1, -0.05) is 36.4 Å². The monoisotopic (exact) mass is 331 g/mol. The van der Waals surface area contributed by atoms with Crippen LogP contribution in [0, 0.1) is 12.3 Å². The molecule has 1 unspecified atom stereocenters. The van der Waals surface area contributed by atoms with Crippen molar-refractivity contribution in [2.75, 3.05) is 0 Å². The molecule has 1 amide bonds. The average molecular weight is 331 g/mol. The second kappa shape index (κ2) is 6.33. The number of nitrogens with one attached hydrogen (secondary N) is 1. The van der Waals surface area contributed by atoms with E-state index in [1.54, 1.807) is 0 Å². The van der Waals surface area contributed by atoms with E-state index in [1.807, 2.05) is 0 Å². The molecule has 2 aliphatic rings. The number of terminal acetylenes is 1. The Morgan fingerprint density at radius 1 is 1.24 bits per heavy atom. The van der Waals surface area contributed by atoms with Crippen LogP contribution in [0.4, 0.5) is 0 Å². The molecular formula is C21H21N3O. The van der Waals surface area contributed by atoms with Gasteiger partial charge in [0.1, 0.15) is 0 Å². The highest BCUT2D eigenvalue weighted by Gasteiger charge is 2.39. The number of rotatable bonds is 6. The van der Waals surface area contributed by atoms with Crippen LogP contribution in [0.2, 0.25) is 0 Å². The van der Waals surface area contributed by atoms with Gasteiger partial charge in [-0.3, -0.25) is 4.79 Å². The topological polar surface area (TPSA) is 53.8 Å². The standard InChI is InChI=1S/C21H21N3O/c1-2-3-13-21(23-24-21)14-12-19(25)22-18-11-10-16-7-4-6-15-8-5-9-17(18)20(15)16/h1,4-9,18H,3,10-14H2,(H,22,25). The zero-order valence-electron chi connectivity index (χ0n) is 14.2. The van der Waals surface area contributed by atoms with Gasteiger partial charge in [-0.05, 0) is 34.7 Å². The Kier molecular flexibility index (Phi) is 4.01. The highest BCUT2D eigenvalue weighted by molar-refractivity contribution is 5.90. The predicted octanol–water partition coefficient (Wildman–Crippen LogP) is 4.30. The van der Waals surface area contributed by atoms with Crippen LogP contribution in [0.15, 0.2) is 46.6 Å². The van der Waals surface area contributed by atoms with Gasteiger partial charge in [0.25, 0.3) is 0 Å². The van der Waals surface area contributed by atoms with Crippen molar-refractivity contribution in [3.63, 3.8) is 0 Å². The molecule has 4 heteroatoms. The first-order chi connectivity index (χ1) is 12.2. The Morgan fingerprint density at radius 3 is 2.80 bits per heavy atom. The summed E-state index contributed by atoms with van der Waals surface area (Å²) < 4.78 is 0. The number of hydrogen-bond acceptors (Lipinski definition) is 3. The molecule has 25 heavy (non-hydrogen) atoms. The minimum Gasteiger partial charge on any atom is -0.349 e. The molecule has 1 aliphatic heterocycles. The zero-order valence-corrected chi connectivity index (χ0v) is 14.2. The summed E-state index contributed by atoms with van der Waals surface area (Å²) in [7, 11) is 0. The lowest BCUT2D eigenvalue weighted by Crippen LogP contribution is -2.31. The van der Waals surface area contributed by atoms with E-state index in [2.05, 4.69) is 57.9 Å². The van der Waals surface area contributed by atoms with E-state index in [4.69, 9.17) is 6.42 Å². The van der Waals surface area contributed by atoms with Gasteiger partial charge in [-0.2, -0.15) is 10.2 Å². The van der Waals surface area contributed by atoms with E-state index in [-0.39, 0.29) is 17.6 Å². The molecule has 0 fully saturated rings. The summed E-state index contributed by atoms with van der Waals surface area (Å²) in [4.78, 5) is 12.5. The summed E-state index contributed by atoms with van der Waals surface area (Å²) in [6, 6.07) is 12.9. The molecule has 1 heterocycles. The second-order valence-corrected chi connectivity index (χ2v) is 6.91. The largest absolute Gasteiger partial charge is 0.349 e. The number of hydrogen-bond donors (Lipinski definition) is 1. The van der Waals surface area contributed by atoms with Crippen molar-refractivity contribution in [3.05, 3.63) is 47.5 Å². The highest BCUT2D eigenvalue weighted by Crippen LogP contribution is 2.38. The minimum absolute atomic E-state index is 0.0683. The van der Waals surface area contributed by atoms with Crippen molar-refractivity contribution in [2.24, 2.45) is 10.2 Å². The molecule has 0 aromatic heterocycles. The van der Waals surface area contributed by atoms with Crippen molar-refractivity contribution >= 4 is 16.7 Å². The highest BCUT2D eigenvalue weighted by atomic mass is 16.1. The molecule has 1 atom stereocenters. The molecule has 0 saturated heterocycles. The number of carbonyl (C=O) groups excluding carboxylic acids is 1. The molecule has 2 aromatic rings. The van der Waals surface area contributed by atoms with Gasteiger partial charge in [0.15, 0.2) is 5.66 Å². The summed E-state index contributed by atoms with van der Waals surface area (Å²) in [6.45, 7) is 0. The third-order valence-corrected chi connectivity index (χ3v) is 5.24. The number of carbonyl (C=O) groups is 1. The summed E-state index contributed by atoms with van der Waals surface area (Å²) in [5, 5.41) is 14.0. The van der Waals surface area contributed by atoms with E-state index in [1.165, 1.54) is 21.9 Å². The van der Waals surface area contributed by atoms with Crippen LogP contribution in [0.5, 0.6) is 0 Å². The number of aryl methyl sites for hydroxylation is 1. The molecule has 1 N–H and O–H groups in total. The van der Waals surface area contributed by atoms with Crippen molar-refractivity contribution in [2.45, 2.75) is 50.2 Å². The van der Waals surface area contributed by atoms with Gasteiger partial charge in [0.2, 0.25) is 5.91 Å². The van der Waals surface area contributed by atoms with Crippen molar-refractivity contribution < 1.29 is 4.79 Å². The average Bonchev–Trinajstić information content (AvgIpc) is 3.41. The Morgan fingerprint density at radius 2 is 2.04 bits per heavy atom. The first kappa shape index (κ1) is 15.8. The molecule has 2 aromatic carbocycles. The van der Waals surface area contributed by atoms with Crippen molar-refractivity contribution in [1.82, 2.24) is 5.32 Å². The summed E-state index contributed by atoms with van der Waals surface area (Å²) in [5.74, 6) is 2.69. The van der Waals surface area contributed by atoms with Crippen molar-refractivity contribution in [3.8, 4) is 12.3 Å². The van der Waals surface area contributed by atoms with E-state index >= 15 is 0 Å². The number of benzene rings is 2. The zero-order chi connectivity index (χ0) is 17.3. The molecular weight excluding hydrogens is 310 g/mol. The van der Waals surface area contributed by atoms with E-state index in [0.717, 1.165) is 19.3 Å². The maximum atomic E-state index is 12.5. The Balaban J connectivity index is 1.43. The molecule has 0 saturated carbocycles. The summed E-state index contributed by atoms with van der Waals surface area (Å²) in [5.41, 5.74) is 2.22. The van der Waals surface area contributed by atoms with E-state index < -0.39 is 0 Å². The van der Waals surface area contributed by atoms with Crippen LogP contribution < -0.4 is 5.32 Å². The molecule has 1 aliphatic carbocycles. The third-order valence-electron chi connectivity index (χ3n) is 5.24. The van der Waals surface area contributed by atoms with Crippen LogP contribution >= 0.6 is 0 Å². The van der Waals surface area contributed by atoms with Gasteiger partial charge in [0.05, 0.1) is 6.04 Å². The lowest BCUT2D eigenvalue weighted by atomic mass is 9.85. The molecule has 4 rings (SSSR count). The fourth-order valence-electron chi connectivity index (χ4n) is 3.80. The Bertz CT molecular complexity index is 882. The molecule has 4 nitrogen and oxygen atoms in total. The lowest BCUT2D eigenvalue weighted by Gasteiger charge is -2.27. The lowest BCUT2D eigenvalue weighted by molar-refractivity contribution is -0.122. The SMILES string of the molecule is C#CCCC1(CCC(=O)NC2CCc3cccc4cccc2c34)N=N1.